The van der Waals surface area contributed by atoms with Crippen molar-refractivity contribution in [2.45, 2.75) is 31.2 Å². The van der Waals surface area contributed by atoms with Crippen molar-refractivity contribution in [1.29, 1.82) is 0 Å². The third-order valence-corrected chi connectivity index (χ3v) is 2.90. The molecule has 1 aliphatic carbocycles. The van der Waals surface area contributed by atoms with E-state index in [0.29, 0.717) is 5.92 Å². The highest BCUT2D eigenvalue weighted by Crippen LogP contribution is 2.43. The maximum Gasteiger partial charge on any atom is 0.238 e. The highest BCUT2D eigenvalue weighted by atomic mass is 16.1. The number of nitrogens with two attached hydrogens (primary N) is 1. The zero-order valence-corrected chi connectivity index (χ0v) is 6.60. The average molecular weight is 154 g/mol. The normalized spacial score (nSPS) is 37.5. The number of hydrogen-bond acceptors (Lipinski definition) is 2. The summed E-state index contributed by atoms with van der Waals surface area (Å²) in [6.45, 7) is 0.958. The van der Waals surface area contributed by atoms with Gasteiger partial charge in [-0.25, -0.2) is 0 Å². The second-order valence-electron chi connectivity index (χ2n) is 3.64. The lowest BCUT2D eigenvalue weighted by Gasteiger charge is -2.25. The molecular weight excluding hydrogens is 140 g/mol. The summed E-state index contributed by atoms with van der Waals surface area (Å²) in [6.07, 6.45) is 4.40. The van der Waals surface area contributed by atoms with Gasteiger partial charge in [0.05, 0.1) is 0 Å². The number of carbonyl (C=O) groups is 1. The molecule has 1 heterocycles. The molecule has 0 spiro atoms. The van der Waals surface area contributed by atoms with Crippen LogP contribution in [0.25, 0.3) is 0 Å². The van der Waals surface area contributed by atoms with Crippen molar-refractivity contribution >= 4 is 5.91 Å². The van der Waals surface area contributed by atoms with Gasteiger partial charge in [-0.15, -0.1) is 0 Å². The summed E-state index contributed by atoms with van der Waals surface area (Å²) >= 11 is 0. The summed E-state index contributed by atoms with van der Waals surface area (Å²) in [6, 6.07) is 0. The number of amides is 1. The summed E-state index contributed by atoms with van der Waals surface area (Å²) < 4.78 is 0. The highest BCUT2D eigenvalue weighted by molar-refractivity contribution is 5.85. The maximum atomic E-state index is 11.2. The molecule has 3 N–H and O–H groups in total. The summed E-state index contributed by atoms with van der Waals surface area (Å²) in [5.41, 5.74) is 5.07. The van der Waals surface area contributed by atoms with E-state index in [9.17, 15) is 4.79 Å². The number of carbonyl (C=O) groups excluding carboxylic acids is 1. The zero-order chi connectivity index (χ0) is 7.90. The van der Waals surface area contributed by atoms with Crippen LogP contribution in [0.4, 0.5) is 0 Å². The molecule has 3 nitrogen and oxygen atoms in total. The van der Waals surface area contributed by atoms with Crippen molar-refractivity contribution in [3.05, 3.63) is 0 Å². The molecule has 1 aliphatic heterocycles. The summed E-state index contributed by atoms with van der Waals surface area (Å²) in [4.78, 5) is 11.2. The first kappa shape index (κ1) is 7.10. The third kappa shape index (κ3) is 0.948. The Labute approximate surface area is 66.3 Å². The topological polar surface area (TPSA) is 55.1 Å². The van der Waals surface area contributed by atoms with Gasteiger partial charge in [0.2, 0.25) is 5.91 Å². The van der Waals surface area contributed by atoms with Gasteiger partial charge in [-0.05, 0) is 38.1 Å². The van der Waals surface area contributed by atoms with Crippen LogP contribution in [0, 0.1) is 5.92 Å². The van der Waals surface area contributed by atoms with Gasteiger partial charge >= 0.3 is 0 Å². The minimum absolute atomic E-state index is 0.141. The molecule has 11 heavy (non-hydrogen) atoms. The number of nitrogens with one attached hydrogen (secondary N) is 1. The second-order valence-corrected chi connectivity index (χ2v) is 3.64. The Morgan fingerprint density at radius 2 is 2.27 bits per heavy atom. The van der Waals surface area contributed by atoms with E-state index in [1.54, 1.807) is 0 Å². The summed E-state index contributed by atoms with van der Waals surface area (Å²) in [5.74, 6) is 0.403. The van der Waals surface area contributed by atoms with Crippen molar-refractivity contribution in [2.75, 3.05) is 6.54 Å². The van der Waals surface area contributed by atoms with Gasteiger partial charge in [-0.2, -0.15) is 0 Å². The van der Waals surface area contributed by atoms with Crippen LogP contribution < -0.4 is 11.1 Å². The van der Waals surface area contributed by atoms with Gasteiger partial charge in [0.15, 0.2) is 0 Å². The van der Waals surface area contributed by atoms with Crippen LogP contribution in [-0.4, -0.2) is 18.0 Å². The van der Waals surface area contributed by atoms with Crippen LogP contribution >= 0.6 is 0 Å². The Morgan fingerprint density at radius 1 is 1.55 bits per heavy atom. The van der Waals surface area contributed by atoms with Crippen LogP contribution in [0.15, 0.2) is 0 Å². The predicted octanol–water partition coefficient (Wildman–Crippen LogP) is 0.00390. The van der Waals surface area contributed by atoms with E-state index in [4.69, 9.17) is 5.73 Å². The first-order valence-electron chi connectivity index (χ1n) is 4.31. The second kappa shape index (κ2) is 2.21. The minimum atomic E-state index is -0.306. The molecule has 62 valence electrons. The molecule has 0 bridgehead atoms. The van der Waals surface area contributed by atoms with Crippen LogP contribution in [0.5, 0.6) is 0 Å². The van der Waals surface area contributed by atoms with Gasteiger partial charge in [-0.1, -0.05) is 0 Å². The van der Waals surface area contributed by atoms with E-state index < -0.39 is 0 Å². The zero-order valence-electron chi connectivity index (χ0n) is 6.60. The first-order chi connectivity index (χ1) is 5.26. The Morgan fingerprint density at radius 3 is 2.64 bits per heavy atom. The molecular formula is C8H14N2O. The molecule has 0 aromatic carbocycles. The van der Waals surface area contributed by atoms with Gasteiger partial charge in [0.25, 0.3) is 0 Å². The Hall–Kier alpha value is -0.570. The van der Waals surface area contributed by atoms with E-state index >= 15 is 0 Å². The van der Waals surface area contributed by atoms with Crippen LogP contribution in [0.3, 0.4) is 0 Å². The first-order valence-corrected chi connectivity index (χ1v) is 4.31. The lowest BCUT2D eigenvalue weighted by Crippen LogP contribution is -2.53. The van der Waals surface area contributed by atoms with E-state index in [2.05, 4.69) is 5.32 Å². The van der Waals surface area contributed by atoms with Gasteiger partial charge in [-0.3, -0.25) is 4.79 Å². The predicted molar refractivity (Wildman–Crippen MR) is 41.9 cm³/mol. The van der Waals surface area contributed by atoms with Crippen molar-refractivity contribution in [1.82, 2.24) is 5.32 Å². The lowest BCUT2D eigenvalue weighted by molar-refractivity contribution is -0.124. The van der Waals surface area contributed by atoms with Crippen molar-refractivity contribution in [3.8, 4) is 0 Å². The maximum absolute atomic E-state index is 11.2. The number of primary amides is 1. The number of hydrogen-bond donors (Lipinski definition) is 2. The van der Waals surface area contributed by atoms with Crippen LogP contribution in [0.1, 0.15) is 25.7 Å². The lowest BCUT2D eigenvalue weighted by atomic mass is 9.91. The van der Waals surface area contributed by atoms with Crippen molar-refractivity contribution < 1.29 is 4.79 Å². The molecule has 2 rings (SSSR count). The molecule has 2 fully saturated rings. The van der Waals surface area contributed by atoms with Gasteiger partial charge in [0.1, 0.15) is 5.54 Å². The fourth-order valence-electron chi connectivity index (χ4n) is 2.10. The summed E-state index contributed by atoms with van der Waals surface area (Å²) in [7, 11) is 0. The highest BCUT2D eigenvalue weighted by Gasteiger charge is 2.50. The standard InChI is InChI=1S/C8H14N2O/c9-7(11)8(6-2-3-6)4-1-5-10-8/h6,10H,1-5H2,(H2,9,11)/t8-/m0/s1. The molecule has 0 aromatic rings. The molecule has 1 atom stereocenters. The van der Waals surface area contributed by atoms with E-state index in [1.165, 1.54) is 12.8 Å². The molecule has 1 saturated heterocycles. The largest absolute Gasteiger partial charge is 0.368 e. The minimum Gasteiger partial charge on any atom is -0.368 e. The Bertz CT molecular complexity index is 181. The van der Waals surface area contributed by atoms with E-state index in [-0.39, 0.29) is 11.4 Å². The van der Waals surface area contributed by atoms with Crippen molar-refractivity contribution in [2.24, 2.45) is 11.7 Å². The van der Waals surface area contributed by atoms with Gasteiger partial charge < -0.3 is 11.1 Å². The molecule has 3 heteroatoms. The fraction of sp³-hybridized carbons (Fsp3) is 0.875. The van der Waals surface area contributed by atoms with E-state index in [1.807, 2.05) is 0 Å². The SMILES string of the molecule is NC(=O)[C@@]1(C2CC2)CCCN1. The van der Waals surface area contributed by atoms with Crippen molar-refractivity contribution in [3.63, 3.8) is 0 Å². The molecule has 1 amide bonds. The van der Waals surface area contributed by atoms with E-state index in [0.717, 1.165) is 19.4 Å². The smallest absolute Gasteiger partial charge is 0.238 e. The molecule has 2 aliphatic rings. The fourth-order valence-corrected chi connectivity index (χ4v) is 2.10. The van der Waals surface area contributed by atoms with Crippen LogP contribution in [0.2, 0.25) is 0 Å². The number of rotatable bonds is 2. The molecule has 1 saturated carbocycles. The Balaban J connectivity index is 2.17. The Kier molecular flexibility index (Phi) is 1.42. The molecule has 0 radical (unpaired) electrons. The van der Waals surface area contributed by atoms with Gasteiger partial charge in [0, 0.05) is 0 Å². The van der Waals surface area contributed by atoms with Crippen LogP contribution in [-0.2, 0) is 4.79 Å². The monoisotopic (exact) mass is 154 g/mol. The third-order valence-electron chi connectivity index (χ3n) is 2.90. The quantitative estimate of drug-likeness (QED) is 0.588. The average Bonchev–Trinajstić information content (AvgIpc) is 2.69. The molecule has 0 unspecified atom stereocenters. The molecule has 0 aromatic heterocycles. The summed E-state index contributed by atoms with van der Waals surface area (Å²) in [5, 5.41) is 3.26.